The maximum absolute atomic E-state index is 12.0. The van der Waals surface area contributed by atoms with E-state index < -0.39 is 10.0 Å². The van der Waals surface area contributed by atoms with Crippen LogP contribution in [0.4, 0.5) is 5.82 Å². The van der Waals surface area contributed by atoms with E-state index in [9.17, 15) is 8.42 Å². The molecule has 0 amide bonds. The van der Waals surface area contributed by atoms with Gasteiger partial charge in [0.1, 0.15) is 4.90 Å². The van der Waals surface area contributed by atoms with E-state index in [1.165, 1.54) is 6.20 Å². The molecule has 1 rings (SSSR count). The average Bonchev–Trinajstić information content (AvgIpc) is 2.71. The molecule has 0 bridgehead atoms. The summed E-state index contributed by atoms with van der Waals surface area (Å²) < 4.78 is 28.1. The Hall–Kier alpha value is -0.990. The molecule has 0 spiro atoms. The first-order chi connectivity index (χ1) is 9.01. The highest BCUT2D eigenvalue weighted by atomic mass is 32.2. The van der Waals surface area contributed by atoms with E-state index in [-0.39, 0.29) is 10.7 Å². The fourth-order valence-electron chi connectivity index (χ4n) is 1.46. The molecule has 0 aliphatic rings. The van der Waals surface area contributed by atoms with Gasteiger partial charge in [0.25, 0.3) is 0 Å². The smallest absolute Gasteiger partial charge is 0.245 e. The summed E-state index contributed by atoms with van der Waals surface area (Å²) in [5.41, 5.74) is 5.64. The van der Waals surface area contributed by atoms with Crippen LogP contribution in [0.15, 0.2) is 23.7 Å². The van der Waals surface area contributed by atoms with Gasteiger partial charge in [-0.2, -0.15) is 16.9 Å². The van der Waals surface area contributed by atoms with Crippen LogP contribution < -0.4 is 10.5 Å². The Labute approximate surface area is 118 Å². The van der Waals surface area contributed by atoms with Gasteiger partial charge in [0.2, 0.25) is 10.0 Å². The Bertz CT molecular complexity index is 511. The lowest BCUT2D eigenvalue weighted by Crippen LogP contribution is -2.26. The van der Waals surface area contributed by atoms with Crippen molar-refractivity contribution in [2.24, 2.45) is 0 Å². The van der Waals surface area contributed by atoms with Crippen LogP contribution in [0.5, 0.6) is 0 Å². The Morgan fingerprint density at radius 1 is 1.63 bits per heavy atom. The predicted octanol–water partition coefficient (Wildman–Crippen LogP) is 1.07. The quantitative estimate of drug-likeness (QED) is 0.526. The molecule has 0 saturated heterocycles. The minimum Gasteiger partial charge on any atom is -0.381 e. The van der Waals surface area contributed by atoms with Gasteiger partial charge in [-0.3, -0.25) is 4.68 Å². The van der Waals surface area contributed by atoms with E-state index in [1.807, 2.05) is 6.92 Å². The second kappa shape index (κ2) is 7.56. The van der Waals surface area contributed by atoms with Crippen LogP contribution in [0.2, 0.25) is 0 Å². The maximum atomic E-state index is 12.0. The molecule has 0 radical (unpaired) electrons. The molecule has 3 N–H and O–H groups in total. The van der Waals surface area contributed by atoms with Crippen LogP contribution in [0.25, 0.3) is 0 Å². The third-order valence-electron chi connectivity index (χ3n) is 2.27. The van der Waals surface area contributed by atoms with E-state index in [4.69, 9.17) is 5.73 Å². The Kier molecular flexibility index (Phi) is 6.40. The van der Waals surface area contributed by atoms with Crippen molar-refractivity contribution in [2.75, 3.05) is 23.8 Å². The summed E-state index contributed by atoms with van der Waals surface area (Å²) in [6, 6.07) is 0. The third-order valence-corrected chi connectivity index (χ3v) is 4.71. The summed E-state index contributed by atoms with van der Waals surface area (Å²) in [5.74, 6) is 1.53. The molecule has 0 aliphatic heterocycles. The fourth-order valence-corrected chi connectivity index (χ4v) is 3.27. The Morgan fingerprint density at radius 2 is 2.37 bits per heavy atom. The van der Waals surface area contributed by atoms with Crippen molar-refractivity contribution in [1.29, 1.82) is 0 Å². The monoisotopic (exact) mass is 304 g/mol. The Balaban J connectivity index is 2.63. The molecular weight excluding hydrogens is 284 g/mol. The van der Waals surface area contributed by atoms with Gasteiger partial charge in [0, 0.05) is 30.8 Å². The molecule has 1 aromatic heterocycles. The molecule has 6 nitrogen and oxygen atoms in total. The summed E-state index contributed by atoms with van der Waals surface area (Å²) in [6.07, 6.45) is 4.12. The van der Waals surface area contributed by atoms with Crippen molar-refractivity contribution in [3.63, 3.8) is 0 Å². The number of thioether (sulfide) groups is 1. The van der Waals surface area contributed by atoms with E-state index in [0.717, 1.165) is 12.2 Å². The van der Waals surface area contributed by atoms with Crippen LogP contribution in [0.1, 0.15) is 13.3 Å². The molecule has 108 valence electrons. The summed E-state index contributed by atoms with van der Waals surface area (Å²) in [5, 5.41) is 3.98. The van der Waals surface area contributed by atoms with E-state index >= 15 is 0 Å². The first-order valence-corrected chi connectivity index (χ1v) is 8.66. The summed E-state index contributed by atoms with van der Waals surface area (Å²) >= 11 is 1.61. The maximum Gasteiger partial charge on any atom is 0.245 e. The van der Waals surface area contributed by atoms with Crippen molar-refractivity contribution in [3.05, 3.63) is 18.9 Å². The van der Waals surface area contributed by atoms with Crippen molar-refractivity contribution >= 4 is 27.6 Å². The van der Waals surface area contributed by atoms with Crippen molar-refractivity contribution in [2.45, 2.75) is 24.8 Å². The number of hydrogen-bond donors (Lipinski definition) is 2. The van der Waals surface area contributed by atoms with E-state index in [1.54, 1.807) is 22.5 Å². The highest BCUT2D eigenvalue weighted by Gasteiger charge is 2.20. The van der Waals surface area contributed by atoms with Crippen LogP contribution in [-0.2, 0) is 16.6 Å². The molecule has 19 heavy (non-hydrogen) atoms. The molecule has 8 heteroatoms. The standard InChI is InChI=1S/C11H20N4O2S2/c1-3-6-15-9-10(11(12)14-15)19(16,17)13-5-8-18-7-4-2/h4,9,13H,2-3,5-8H2,1H3,(H2,12,14). The van der Waals surface area contributed by atoms with Crippen molar-refractivity contribution in [1.82, 2.24) is 14.5 Å². The zero-order valence-corrected chi connectivity index (χ0v) is 12.6. The number of nitrogens with two attached hydrogens (primary N) is 1. The largest absolute Gasteiger partial charge is 0.381 e. The zero-order chi connectivity index (χ0) is 14.3. The van der Waals surface area contributed by atoms with Gasteiger partial charge in [0.05, 0.1) is 0 Å². The van der Waals surface area contributed by atoms with Crippen LogP contribution >= 0.6 is 11.8 Å². The molecule has 1 aromatic rings. The average molecular weight is 304 g/mol. The van der Waals surface area contributed by atoms with Gasteiger partial charge in [-0.25, -0.2) is 13.1 Å². The molecule has 0 saturated carbocycles. The fraction of sp³-hybridized carbons (Fsp3) is 0.545. The van der Waals surface area contributed by atoms with Crippen LogP contribution in [0.3, 0.4) is 0 Å². The molecule has 0 aromatic carbocycles. The number of nitrogens with one attached hydrogen (secondary N) is 1. The SMILES string of the molecule is C=CCSCCNS(=O)(=O)c1cn(CCC)nc1N. The van der Waals surface area contributed by atoms with Crippen LogP contribution in [-0.4, -0.2) is 36.2 Å². The molecule has 0 atom stereocenters. The molecule has 0 unspecified atom stereocenters. The van der Waals surface area contributed by atoms with Gasteiger partial charge in [-0.1, -0.05) is 13.0 Å². The lowest BCUT2D eigenvalue weighted by Gasteiger charge is -2.04. The first-order valence-electron chi connectivity index (χ1n) is 6.02. The number of aromatic nitrogens is 2. The molecule has 0 fully saturated rings. The van der Waals surface area contributed by atoms with Crippen molar-refractivity contribution < 1.29 is 8.42 Å². The lowest BCUT2D eigenvalue weighted by atomic mass is 10.5. The number of nitrogens with zero attached hydrogens (tertiary/aromatic N) is 2. The van der Waals surface area contributed by atoms with Gasteiger partial charge < -0.3 is 5.73 Å². The zero-order valence-electron chi connectivity index (χ0n) is 11.0. The molecule has 0 aliphatic carbocycles. The summed E-state index contributed by atoms with van der Waals surface area (Å²) in [6.45, 7) is 6.59. The number of aryl methyl sites for hydroxylation is 1. The summed E-state index contributed by atoms with van der Waals surface area (Å²) in [4.78, 5) is 0.0506. The lowest BCUT2D eigenvalue weighted by molar-refractivity contribution is 0.582. The molecular formula is C11H20N4O2S2. The second-order valence-corrected chi connectivity index (χ2v) is 6.79. The van der Waals surface area contributed by atoms with E-state index in [0.29, 0.717) is 18.8 Å². The third kappa shape index (κ3) is 4.88. The topological polar surface area (TPSA) is 90.0 Å². The van der Waals surface area contributed by atoms with E-state index in [2.05, 4.69) is 16.4 Å². The minimum atomic E-state index is -3.57. The predicted molar refractivity (Wildman–Crippen MR) is 79.6 cm³/mol. The number of anilines is 1. The number of rotatable bonds is 9. The minimum absolute atomic E-state index is 0.0414. The first kappa shape index (κ1) is 16.1. The highest BCUT2D eigenvalue weighted by molar-refractivity contribution is 7.99. The second-order valence-electron chi connectivity index (χ2n) is 3.90. The van der Waals surface area contributed by atoms with Gasteiger partial charge in [-0.15, -0.1) is 6.58 Å². The van der Waals surface area contributed by atoms with Gasteiger partial charge >= 0.3 is 0 Å². The number of sulfonamides is 1. The number of nitrogen functional groups attached to an aromatic ring is 1. The number of hydrogen-bond acceptors (Lipinski definition) is 5. The molecule has 1 heterocycles. The highest BCUT2D eigenvalue weighted by Crippen LogP contribution is 2.16. The van der Waals surface area contributed by atoms with Crippen molar-refractivity contribution in [3.8, 4) is 0 Å². The summed E-state index contributed by atoms with van der Waals surface area (Å²) in [7, 11) is -3.57. The van der Waals surface area contributed by atoms with Crippen LogP contribution in [0, 0.1) is 0 Å². The normalized spacial score (nSPS) is 11.6. The Morgan fingerprint density at radius 3 is 3.00 bits per heavy atom. The van der Waals surface area contributed by atoms with Gasteiger partial charge in [0.15, 0.2) is 5.82 Å². The van der Waals surface area contributed by atoms with Gasteiger partial charge in [-0.05, 0) is 6.42 Å².